The Balaban J connectivity index is 1.74. The quantitative estimate of drug-likeness (QED) is 0.466. The molecule has 0 saturated heterocycles. The Morgan fingerprint density at radius 1 is 1.03 bits per heavy atom. The van der Waals surface area contributed by atoms with Crippen LogP contribution in [0.15, 0.2) is 70.2 Å². The van der Waals surface area contributed by atoms with E-state index in [9.17, 15) is 9.59 Å². The molecule has 4 rings (SSSR count). The lowest BCUT2D eigenvalue weighted by Crippen LogP contribution is -2.14. The molecule has 2 aromatic carbocycles. The van der Waals surface area contributed by atoms with E-state index < -0.39 is 0 Å². The van der Waals surface area contributed by atoms with Gasteiger partial charge >= 0.3 is 0 Å². The van der Waals surface area contributed by atoms with E-state index in [1.54, 1.807) is 25.5 Å². The zero-order chi connectivity index (χ0) is 21.3. The van der Waals surface area contributed by atoms with Crippen molar-refractivity contribution in [2.24, 2.45) is 7.05 Å². The minimum atomic E-state index is -0.175. The van der Waals surface area contributed by atoms with Crippen LogP contribution in [0.2, 0.25) is 0 Å². The van der Waals surface area contributed by atoms with Gasteiger partial charge in [0, 0.05) is 53.7 Å². The van der Waals surface area contributed by atoms with Gasteiger partial charge in [-0.15, -0.1) is 0 Å². The maximum Gasteiger partial charge on any atom is 0.250 e. The first kappa shape index (κ1) is 19.8. The molecule has 0 aliphatic rings. The normalized spacial score (nSPS) is 10.8. The topological polar surface area (TPSA) is 88.9 Å². The van der Waals surface area contributed by atoms with Gasteiger partial charge in [-0.25, -0.2) is 9.97 Å². The first-order chi connectivity index (χ1) is 14.4. The van der Waals surface area contributed by atoms with E-state index >= 15 is 0 Å². The average molecular weight is 464 g/mol. The third-order valence-electron chi connectivity index (χ3n) is 4.47. The Morgan fingerprint density at radius 2 is 1.83 bits per heavy atom. The van der Waals surface area contributed by atoms with Gasteiger partial charge in [0.05, 0.1) is 5.52 Å². The fourth-order valence-corrected chi connectivity index (χ4v) is 3.48. The molecule has 150 valence electrons. The maximum atomic E-state index is 11.7. The van der Waals surface area contributed by atoms with Crippen molar-refractivity contribution in [2.75, 3.05) is 10.6 Å². The van der Waals surface area contributed by atoms with Gasteiger partial charge in [0.1, 0.15) is 0 Å². The average Bonchev–Trinajstić information content (AvgIpc) is 2.69. The van der Waals surface area contributed by atoms with Crippen LogP contribution in [0.4, 0.5) is 17.3 Å². The van der Waals surface area contributed by atoms with E-state index in [0.717, 1.165) is 26.5 Å². The van der Waals surface area contributed by atoms with Crippen LogP contribution in [0, 0.1) is 0 Å². The first-order valence-corrected chi connectivity index (χ1v) is 9.96. The largest absolute Gasteiger partial charge is 0.326 e. The molecule has 4 aromatic rings. The summed E-state index contributed by atoms with van der Waals surface area (Å²) in [6.45, 7) is 1.45. The number of hydrogen-bond acceptors (Lipinski definition) is 5. The summed E-state index contributed by atoms with van der Waals surface area (Å²) in [6, 6.07) is 14.6. The van der Waals surface area contributed by atoms with Crippen molar-refractivity contribution in [1.82, 2.24) is 14.5 Å². The number of amides is 1. The number of hydrogen-bond donors (Lipinski definition) is 2. The molecular weight excluding hydrogens is 446 g/mol. The molecule has 0 aliphatic heterocycles. The molecule has 2 heterocycles. The van der Waals surface area contributed by atoms with Gasteiger partial charge in [-0.1, -0.05) is 15.9 Å². The van der Waals surface area contributed by atoms with Crippen LogP contribution in [0.5, 0.6) is 0 Å². The van der Waals surface area contributed by atoms with Crippen molar-refractivity contribution in [1.29, 1.82) is 0 Å². The summed E-state index contributed by atoms with van der Waals surface area (Å²) in [5.74, 6) is 0.266. The Kier molecular flexibility index (Phi) is 5.33. The van der Waals surface area contributed by atoms with E-state index in [1.807, 2.05) is 36.4 Å². The highest BCUT2D eigenvalue weighted by Crippen LogP contribution is 2.28. The standard InChI is InChI=1S/C22H18BrN5O2/c1-13(29)25-18-8-15(14-3-6-21(30)28(2)12-14)9-19(10-18)26-22-24-11-16-7-17(23)4-5-20(16)27-22/h3-12H,1-2H3,(H,25,29)(H,24,26,27). The first-order valence-electron chi connectivity index (χ1n) is 9.16. The second-order valence-electron chi connectivity index (χ2n) is 6.87. The number of carbonyl (C=O) groups excluding carboxylic acids is 1. The minimum absolute atomic E-state index is 0.0914. The lowest BCUT2D eigenvalue weighted by molar-refractivity contribution is -0.114. The Bertz CT molecular complexity index is 1330. The molecule has 2 N–H and O–H groups in total. The lowest BCUT2D eigenvalue weighted by Gasteiger charge is -2.12. The zero-order valence-corrected chi connectivity index (χ0v) is 17.9. The van der Waals surface area contributed by atoms with Crippen LogP contribution in [-0.2, 0) is 11.8 Å². The molecule has 7 nitrogen and oxygen atoms in total. The number of pyridine rings is 1. The number of fused-ring (bicyclic) bond motifs is 1. The van der Waals surface area contributed by atoms with Crippen molar-refractivity contribution in [3.63, 3.8) is 0 Å². The number of nitrogens with zero attached hydrogens (tertiary/aromatic N) is 3. The Labute approximate surface area is 180 Å². The number of aromatic nitrogens is 3. The molecule has 0 bridgehead atoms. The van der Waals surface area contributed by atoms with Gasteiger partial charge in [0.25, 0.3) is 0 Å². The number of rotatable bonds is 4. The van der Waals surface area contributed by atoms with E-state index in [2.05, 4.69) is 36.5 Å². The van der Waals surface area contributed by atoms with Crippen molar-refractivity contribution < 1.29 is 4.79 Å². The van der Waals surface area contributed by atoms with Crippen LogP contribution in [0.1, 0.15) is 6.92 Å². The summed E-state index contributed by atoms with van der Waals surface area (Å²) >= 11 is 3.44. The summed E-state index contributed by atoms with van der Waals surface area (Å²) < 4.78 is 2.47. The summed E-state index contributed by atoms with van der Waals surface area (Å²) in [4.78, 5) is 32.3. The van der Waals surface area contributed by atoms with Crippen molar-refractivity contribution in [3.05, 3.63) is 75.8 Å². The second-order valence-corrected chi connectivity index (χ2v) is 7.78. The van der Waals surface area contributed by atoms with E-state index in [0.29, 0.717) is 17.3 Å². The van der Waals surface area contributed by atoms with Crippen molar-refractivity contribution in [2.45, 2.75) is 6.92 Å². The zero-order valence-electron chi connectivity index (χ0n) is 16.3. The number of aryl methyl sites for hydroxylation is 1. The SMILES string of the molecule is CC(=O)Nc1cc(Nc2ncc3cc(Br)ccc3n2)cc(-c2ccc(=O)n(C)c2)c1. The number of carbonyl (C=O) groups is 1. The lowest BCUT2D eigenvalue weighted by atomic mass is 10.1. The fraction of sp³-hybridized carbons (Fsp3) is 0.0909. The summed E-state index contributed by atoms with van der Waals surface area (Å²) in [5, 5.41) is 6.94. The van der Waals surface area contributed by atoms with Gasteiger partial charge in [-0.05, 0) is 53.6 Å². The molecule has 0 saturated carbocycles. The smallest absolute Gasteiger partial charge is 0.250 e. The predicted octanol–water partition coefficient (Wildman–Crippen LogP) is 4.46. The Morgan fingerprint density at radius 3 is 2.60 bits per heavy atom. The highest BCUT2D eigenvalue weighted by atomic mass is 79.9. The van der Waals surface area contributed by atoms with Crippen LogP contribution in [-0.4, -0.2) is 20.4 Å². The van der Waals surface area contributed by atoms with Gasteiger partial charge in [0.15, 0.2) is 0 Å². The van der Waals surface area contributed by atoms with Gasteiger partial charge in [0.2, 0.25) is 17.4 Å². The van der Waals surface area contributed by atoms with Crippen LogP contribution in [0.25, 0.3) is 22.0 Å². The van der Waals surface area contributed by atoms with Crippen LogP contribution < -0.4 is 16.2 Å². The molecule has 0 unspecified atom stereocenters. The van der Waals surface area contributed by atoms with E-state index in [4.69, 9.17) is 0 Å². The van der Waals surface area contributed by atoms with Gasteiger partial charge < -0.3 is 15.2 Å². The number of nitrogens with one attached hydrogen (secondary N) is 2. The molecule has 30 heavy (non-hydrogen) atoms. The molecular formula is C22H18BrN5O2. The van der Waals surface area contributed by atoms with Crippen LogP contribution in [0.3, 0.4) is 0 Å². The van der Waals surface area contributed by atoms with Crippen molar-refractivity contribution >= 4 is 50.1 Å². The minimum Gasteiger partial charge on any atom is -0.326 e. The molecule has 0 spiro atoms. The fourth-order valence-electron chi connectivity index (χ4n) is 3.10. The molecule has 0 radical (unpaired) electrons. The highest BCUT2D eigenvalue weighted by Gasteiger charge is 2.08. The summed E-state index contributed by atoms with van der Waals surface area (Å²) in [5.41, 5.74) is 3.74. The van der Waals surface area contributed by atoms with Gasteiger partial charge in [-0.3, -0.25) is 9.59 Å². The van der Waals surface area contributed by atoms with E-state index in [-0.39, 0.29) is 11.5 Å². The molecule has 0 aliphatic carbocycles. The second kappa shape index (κ2) is 8.08. The third-order valence-corrected chi connectivity index (χ3v) is 4.96. The molecule has 2 aromatic heterocycles. The molecule has 0 fully saturated rings. The van der Waals surface area contributed by atoms with Crippen molar-refractivity contribution in [3.8, 4) is 11.1 Å². The molecule has 1 amide bonds. The third kappa shape index (κ3) is 4.38. The molecule has 8 heteroatoms. The van der Waals surface area contributed by atoms with E-state index in [1.165, 1.54) is 17.6 Å². The monoisotopic (exact) mass is 463 g/mol. The number of anilines is 3. The maximum absolute atomic E-state index is 11.7. The highest BCUT2D eigenvalue weighted by molar-refractivity contribution is 9.10. The number of benzene rings is 2. The summed E-state index contributed by atoms with van der Waals surface area (Å²) in [6.07, 6.45) is 3.50. The predicted molar refractivity (Wildman–Crippen MR) is 122 cm³/mol. The Hall–Kier alpha value is -3.52. The molecule has 0 atom stereocenters. The van der Waals surface area contributed by atoms with Gasteiger partial charge in [-0.2, -0.15) is 0 Å². The van der Waals surface area contributed by atoms with Crippen LogP contribution >= 0.6 is 15.9 Å². The number of halogens is 1. The summed E-state index contributed by atoms with van der Waals surface area (Å²) in [7, 11) is 1.70.